The molecule has 1 aliphatic heterocycles. The van der Waals surface area contributed by atoms with Crippen LogP contribution in [0.25, 0.3) is 0 Å². The van der Waals surface area contributed by atoms with Crippen LogP contribution in [0.5, 0.6) is 5.75 Å². The van der Waals surface area contributed by atoms with Gasteiger partial charge in [0.2, 0.25) is 0 Å². The highest BCUT2D eigenvalue weighted by Gasteiger charge is 2.45. The molecular formula is C15H20BrNO. The summed E-state index contributed by atoms with van der Waals surface area (Å²) >= 11 is 3.52. The normalized spacial score (nSPS) is 35.1. The van der Waals surface area contributed by atoms with Crippen LogP contribution in [-0.2, 0) is 0 Å². The lowest BCUT2D eigenvalue weighted by molar-refractivity contribution is -0.0407. The van der Waals surface area contributed by atoms with Crippen molar-refractivity contribution in [3.05, 3.63) is 28.2 Å². The molecule has 0 saturated heterocycles. The third-order valence-corrected chi connectivity index (χ3v) is 5.13. The fourth-order valence-electron chi connectivity index (χ4n) is 3.48. The van der Waals surface area contributed by atoms with Gasteiger partial charge in [0.25, 0.3) is 0 Å². The molecule has 1 aromatic carbocycles. The van der Waals surface area contributed by atoms with Gasteiger partial charge in [0.05, 0.1) is 0 Å². The Morgan fingerprint density at radius 1 is 1.39 bits per heavy atom. The number of rotatable bonds is 0. The van der Waals surface area contributed by atoms with E-state index in [-0.39, 0.29) is 11.6 Å². The lowest BCUT2D eigenvalue weighted by Crippen LogP contribution is -2.49. The molecule has 1 aromatic rings. The lowest BCUT2D eigenvalue weighted by Gasteiger charge is -2.47. The topological polar surface area (TPSA) is 35.2 Å². The molecule has 3 rings (SSSR count). The van der Waals surface area contributed by atoms with Gasteiger partial charge in [0.1, 0.15) is 11.4 Å². The monoisotopic (exact) mass is 309 g/mol. The SMILES string of the molecule is CC1CCCCC12C[C@H](N)c1ccc(Br)cc1O2. The Labute approximate surface area is 117 Å². The Balaban J connectivity index is 1.99. The van der Waals surface area contributed by atoms with E-state index in [9.17, 15) is 0 Å². The van der Waals surface area contributed by atoms with Gasteiger partial charge in [-0.3, -0.25) is 0 Å². The zero-order chi connectivity index (χ0) is 12.8. The average molecular weight is 310 g/mol. The molecule has 3 atom stereocenters. The molecule has 3 heteroatoms. The van der Waals surface area contributed by atoms with Crippen molar-refractivity contribution >= 4 is 15.9 Å². The van der Waals surface area contributed by atoms with Crippen LogP contribution >= 0.6 is 15.9 Å². The second-order valence-corrected chi connectivity index (χ2v) is 6.72. The first-order valence-electron chi connectivity index (χ1n) is 6.85. The maximum Gasteiger partial charge on any atom is 0.126 e. The summed E-state index contributed by atoms with van der Waals surface area (Å²) in [5.74, 6) is 1.58. The first-order chi connectivity index (χ1) is 8.61. The van der Waals surface area contributed by atoms with Gasteiger partial charge in [-0.25, -0.2) is 0 Å². The molecule has 1 fully saturated rings. The molecular weight excluding hydrogens is 290 g/mol. The summed E-state index contributed by atoms with van der Waals surface area (Å²) in [6.45, 7) is 2.31. The van der Waals surface area contributed by atoms with Crippen molar-refractivity contribution in [2.45, 2.75) is 50.7 Å². The van der Waals surface area contributed by atoms with Crippen molar-refractivity contribution in [2.24, 2.45) is 11.7 Å². The van der Waals surface area contributed by atoms with E-state index < -0.39 is 0 Å². The van der Waals surface area contributed by atoms with Gasteiger partial charge in [-0.1, -0.05) is 35.3 Å². The fourth-order valence-corrected chi connectivity index (χ4v) is 3.82. The first-order valence-corrected chi connectivity index (χ1v) is 7.64. The van der Waals surface area contributed by atoms with Crippen molar-refractivity contribution in [1.29, 1.82) is 0 Å². The highest BCUT2D eigenvalue weighted by atomic mass is 79.9. The summed E-state index contributed by atoms with van der Waals surface area (Å²) in [7, 11) is 0. The van der Waals surface area contributed by atoms with Crippen molar-refractivity contribution in [1.82, 2.24) is 0 Å². The van der Waals surface area contributed by atoms with Crippen LogP contribution in [0.4, 0.5) is 0 Å². The average Bonchev–Trinajstić information content (AvgIpc) is 2.32. The van der Waals surface area contributed by atoms with Gasteiger partial charge in [0.15, 0.2) is 0 Å². The minimum atomic E-state index is -0.0224. The smallest absolute Gasteiger partial charge is 0.126 e. The largest absolute Gasteiger partial charge is 0.487 e. The summed E-state index contributed by atoms with van der Waals surface area (Å²) in [6.07, 6.45) is 5.96. The summed E-state index contributed by atoms with van der Waals surface area (Å²) in [5, 5.41) is 0. The lowest BCUT2D eigenvalue weighted by atomic mass is 9.71. The summed E-state index contributed by atoms with van der Waals surface area (Å²) in [6, 6.07) is 6.31. The van der Waals surface area contributed by atoms with E-state index >= 15 is 0 Å². The Morgan fingerprint density at radius 3 is 3.00 bits per heavy atom. The predicted octanol–water partition coefficient (Wildman–Crippen LogP) is 4.18. The number of ether oxygens (including phenoxy) is 1. The maximum atomic E-state index is 6.41. The van der Waals surface area contributed by atoms with Crippen LogP contribution in [0.15, 0.2) is 22.7 Å². The van der Waals surface area contributed by atoms with Gasteiger partial charge in [-0.15, -0.1) is 0 Å². The fraction of sp³-hybridized carbons (Fsp3) is 0.600. The molecule has 0 amide bonds. The number of hydrogen-bond acceptors (Lipinski definition) is 2. The highest BCUT2D eigenvalue weighted by molar-refractivity contribution is 9.10. The van der Waals surface area contributed by atoms with Gasteiger partial charge in [-0.2, -0.15) is 0 Å². The molecule has 1 spiro atoms. The summed E-state index contributed by atoms with van der Waals surface area (Å²) < 4.78 is 7.48. The second kappa shape index (κ2) is 4.53. The highest BCUT2D eigenvalue weighted by Crippen LogP contribution is 2.48. The van der Waals surface area contributed by atoms with Crippen molar-refractivity contribution < 1.29 is 4.74 Å². The molecule has 1 saturated carbocycles. The molecule has 2 unspecified atom stereocenters. The number of hydrogen-bond donors (Lipinski definition) is 1. The molecule has 18 heavy (non-hydrogen) atoms. The minimum absolute atomic E-state index is 0.0224. The van der Waals surface area contributed by atoms with E-state index in [0.717, 1.165) is 28.6 Å². The zero-order valence-electron chi connectivity index (χ0n) is 10.8. The van der Waals surface area contributed by atoms with E-state index in [1.165, 1.54) is 19.3 Å². The Morgan fingerprint density at radius 2 is 2.22 bits per heavy atom. The standard InChI is InChI=1S/C15H20BrNO/c1-10-4-2-3-7-15(10)9-13(17)12-6-5-11(16)8-14(12)18-15/h5-6,8,10,13H,2-4,7,9,17H2,1H3/t10?,13-,15?/m0/s1. The van der Waals surface area contributed by atoms with Crippen LogP contribution in [0.2, 0.25) is 0 Å². The number of benzene rings is 1. The second-order valence-electron chi connectivity index (χ2n) is 5.81. The molecule has 1 heterocycles. The summed E-state index contributed by atoms with van der Waals surface area (Å²) in [5.41, 5.74) is 7.50. The minimum Gasteiger partial charge on any atom is -0.487 e. The number of nitrogens with two attached hydrogens (primary N) is 1. The maximum absolute atomic E-state index is 6.41. The summed E-state index contributed by atoms with van der Waals surface area (Å²) in [4.78, 5) is 0. The quantitative estimate of drug-likeness (QED) is 0.780. The van der Waals surface area contributed by atoms with Crippen molar-refractivity contribution in [3.8, 4) is 5.75 Å². The van der Waals surface area contributed by atoms with E-state index in [1.807, 2.05) is 6.07 Å². The zero-order valence-corrected chi connectivity index (χ0v) is 12.4. The van der Waals surface area contributed by atoms with E-state index in [1.54, 1.807) is 0 Å². The molecule has 2 N–H and O–H groups in total. The Kier molecular flexibility index (Phi) is 3.15. The van der Waals surface area contributed by atoms with Crippen LogP contribution < -0.4 is 10.5 Å². The first kappa shape index (κ1) is 12.5. The van der Waals surface area contributed by atoms with Crippen LogP contribution in [0.3, 0.4) is 0 Å². The number of halogens is 1. The van der Waals surface area contributed by atoms with E-state index in [2.05, 4.69) is 35.0 Å². The molecule has 2 nitrogen and oxygen atoms in total. The molecule has 0 radical (unpaired) electrons. The van der Waals surface area contributed by atoms with Gasteiger partial charge < -0.3 is 10.5 Å². The van der Waals surface area contributed by atoms with Crippen LogP contribution in [-0.4, -0.2) is 5.60 Å². The van der Waals surface area contributed by atoms with Crippen molar-refractivity contribution in [2.75, 3.05) is 0 Å². The third-order valence-electron chi connectivity index (χ3n) is 4.64. The Bertz CT molecular complexity index is 462. The predicted molar refractivity (Wildman–Crippen MR) is 76.7 cm³/mol. The van der Waals surface area contributed by atoms with Gasteiger partial charge in [0, 0.05) is 22.5 Å². The molecule has 2 aliphatic rings. The van der Waals surface area contributed by atoms with Crippen LogP contribution in [0.1, 0.15) is 50.6 Å². The molecule has 98 valence electrons. The van der Waals surface area contributed by atoms with Crippen LogP contribution in [0, 0.1) is 5.92 Å². The molecule has 0 aromatic heterocycles. The number of fused-ring (bicyclic) bond motifs is 1. The van der Waals surface area contributed by atoms with E-state index in [4.69, 9.17) is 10.5 Å². The van der Waals surface area contributed by atoms with Gasteiger partial charge in [-0.05, 0) is 37.3 Å². The molecule has 0 bridgehead atoms. The van der Waals surface area contributed by atoms with Gasteiger partial charge >= 0.3 is 0 Å². The Hall–Kier alpha value is -0.540. The van der Waals surface area contributed by atoms with Crippen molar-refractivity contribution in [3.63, 3.8) is 0 Å². The third kappa shape index (κ3) is 1.97. The van der Waals surface area contributed by atoms with E-state index in [0.29, 0.717) is 5.92 Å². The molecule has 1 aliphatic carbocycles.